The average Bonchev–Trinajstić information content (AvgIpc) is 2.83. The van der Waals surface area contributed by atoms with Crippen LogP contribution in [0.2, 0.25) is 0 Å². The maximum atomic E-state index is 12.9. The molecule has 1 rings (SSSR count). The predicted octanol–water partition coefficient (Wildman–Crippen LogP) is 8.41. The van der Waals surface area contributed by atoms with Gasteiger partial charge in [-0.15, -0.1) is 0 Å². The lowest BCUT2D eigenvalue weighted by Gasteiger charge is -2.29. The molecular formula is C29H54O4. The van der Waals surface area contributed by atoms with Crippen molar-refractivity contribution >= 4 is 11.9 Å². The monoisotopic (exact) mass is 466 g/mol. The minimum Gasteiger partial charge on any atom is -0.465 e. The predicted molar refractivity (Wildman–Crippen MR) is 137 cm³/mol. The van der Waals surface area contributed by atoms with Crippen molar-refractivity contribution < 1.29 is 19.1 Å². The van der Waals surface area contributed by atoms with Crippen LogP contribution in [-0.4, -0.2) is 25.2 Å². The molecule has 1 aliphatic rings. The van der Waals surface area contributed by atoms with Crippen molar-refractivity contribution in [1.82, 2.24) is 0 Å². The van der Waals surface area contributed by atoms with Crippen LogP contribution in [0.5, 0.6) is 0 Å². The normalized spacial score (nSPS) is 19.2. The summed E-state index contributed by atoms with van der Waals surface area (Å²) in [5.41, 5.74) is 0. The quantitative estimate of drug-likeness (QED) is 0.133. The zero-order valence-electron chi connectivity index (χ0n) is 22.2. The van der Waals surface area contributed by atoms with E-state index in [-0.39, 0.29) is 23.8 Å². The molecule has 33 heavy (non-hydrogen) atoms. The van der Waals surface area contributed by atoms with Crippen molar-refractivity contribution in [3.8, 4) is 0 Å². The van der Waals surface area contributed by atoms with E-state index in [1.807, 2.05) is 0 Å². The minimum absolute atomic E-state index is 0.170. The van der Waals surface area contributed by atoms with Crippen molar-refractivity contribution in [3.63, 3.8) is 0 Å². The number of esters is 2. The second kappa shape index (κ2) is 20.3. The van der Waals surface area contributed by atoms with Gasteiger partial charge in [0, 0.05) is 0 Å². The van der Waals surface area contributed by atoms with E-state index in [0.717, 1.165) is 57.8 Å². The van der Waals surface area contributed by atoms with Gasteiger partial charge in [-0.1, -0.05) is 111 Å². The molecule has 0 aromatic carbocycles. The van der Waals surface area contributed by atoms with E-state index in [1.54, 1.807) is 0 Å². The van der Waals surface area contributed by atoms with Gasteiger partial charge in [-0.3, -0.25) is 9.59 Å². The number of carbonyl (C=O) groups is 2. The smallest absolute Gasteiger partial charge is 0.309 e. The van der Waals surface area contributed by atoms with E-state index < -0.39 is 0 Å². The molecule has 0 amide bonds. The van der Waals surface area contributed by atoms with Crippen molar-refractivity contribution in [1.29, 1.82) is 0 Å². The Bertz CT molecular complexity index is 490. The molecule has 4 heteroatoms. The second-order valence-corrected chi connectivity index (χ2v) is 10.3. The molecule has 0 bridgehead atoms. The second-order valence-electron chi connectivity index (χ2n) is 10.3. The van der Waals surface area contributed by atoms with Crippen LogP contribution < -0.4 is 0 Å². The molecule has 0 spiro atoms. The molecular weight excluding hydrogens is 412 g/mol. The van der Waals surface area contributed by atoms with Crippen molar-refractivity contribution in [2.24, 2.45) is 17.8 Å². The number of ether oxygens (including phenoxy) is 2. The number of carbonyl (C=O) groups excluding carboxylic acids is 2. The number of hydrogen-bond acceptors (Lipinski definition) is 4. The first kappa shape index (κ1) is 30.0. The van der Waals surface area contributed by atoms with Crippen LogP contribution >= 0.6 is 0 Å². The Morgan fingerprint density at radius 1 is 0.636 bits per heavy atom. The number of unbranched alkanes of at least 4 members (excludes halogenated alkanes) is 10. The van der Waals surface area contributed by atoms with Gasteiger partial charge in [-0.05, 0) is 38.0 Å². The summed E-state index contributed by atoms with van der Waals surface area (Å²) in [5, 5.41) is 0. The molecule has 0 aromatic rings. The molecule has 0 radical (unpaired) electrons. The summed E-state index contributed by atoms with van der Waals surface area (Å²) in [6.45, 7) is 7.65. The van der Waals surface area contributed by atoms with Gasteiger partial charge in [-0.25, -0.2) is 0 Å². The lowest BCUT2D eigenvalue weighted by Crippen LogP contribution is -2.35. The molecule has 194 valence electrons. The molecule has 3 unspecified atom stereocenters. The third kappa shape index (κ3) is 14.1. The fourth-order valence-electron chi connectivity index (χ4n) is 5.10. The van der Waals surface area contributed by atoms with Crippen LogP contribution in [0, 0.1) is 17.8 Å². The van der Waals surface area contributed by atoms with Crippen LogP contribution in [0.25, 0.3) is 0 Å². The maximum absolute atomic E-state index is 12.9. The molecule has 0 heterocycles. The minimum atomic E-state index is -0.313. The van der Waals surface area contributed by atoms with Gasteiger partial charge in [-0.2, -0.15) is 0 Å². The third-order valence-electron chi connectivity index (χ3n) is 7.24. The van der Waals surface area contributed by atoms with Crippen LogP contribution in [0.3, 0.4) is 0 Å². The van der Waals surface area contributed by atoms with Crippen molar-refractivity contribution in [2.45, 2.75) is 143 Å². The Morgan fingerprint density at radius 3 is 1.73 bits per heavy atom. The molecule has 0 saturated heterocycles. The van der Waals surface area contributed by atoms with Gasteiger partial charge >= 0.3 is 11.9 Å². The Balaban J connectivity index is 2.31. The molecule has 1 saturated carbocycles. The zero-order chi connectivity index (χ0) is 24.2. The Labute approximate surface area is 205 Å². The van der Waals surface area contributed by atoms with Gasteiger partial charge < -0.3 is 9.47 Å². The Kier molecular flexibility index (Phi) is 18.5. The Morgan fingerprint density at radius 2 is 1.15 bits per heavy atom. The van der Waals surface area contributed by atoms with Crippen LogP contribution in [-0.2, 0) is 19.1 Å². The Hall–Kier alpha value is -1.06. The van der Waals surface area contributed by atoms with Crippen LogP contribution in [0.4, 0.5) is 0 Å². The summed E-state index contributed by atoms with van der Waals surface area (Å²) >= 11 is 0. The van der Waals surface area contributed by atoms with Gasteiger partial charge in [0.2, 0.25) is 0 Å². The zero-order valence-corrected chi connectivity index (χ0v) is 22.2. The summed E-state index contributed by atoms with van der Waals surface area (Å²) in [7, 11) is 0. The first-order valence-corrected chi connectivity index (χ1v) is 14.5. The lowest BCUT2D eigenvalue weighted by atomic mass is 9.79. The SMILES string of the molecule is CCCCCCCCCCCOC(=O)C1CCCCC1C(=O)OCC(CCC)CCCCC. The van der Waals surface area contributed by atoms with Crippen LogP contribution in [0.1, 0.15) is 143 Å². The van der Waals surface area contributed by atoms with E-state index in [4.69, 9.17) is 9.47 Å². The first-order chi connectivity index (χ1) is 16.1. The highest BCUT2D eigenvalue weighted by Crippen LogP contribution is 2.32. The molecule has 0 N–H and O–H groups in total. The standard InChI is InChI=1S/C29H54O4/c1-4-7-9-10-11-12-13-14-18-23-32-28(30)26-21-16-17-22-27(26)29(31)33-24-25(19-6-3)20-15-8-5-2/h25-27H,4-24H2,1-3H3. The summed E-state index contributed by atoms with van der Waals surface area (Å²) in [4.78, 5) is 25.6. The summed E-state index contributed by atoms with van der Waals surface area (Å²) in [5.74, 6) is -0.520. The summed E-state index contributed by atoms with van der Waals surface area (Å²) < 4.78 is 11.4. The number of hydrogen-bond donors (Lipinski definition) is 0. The van der Waals surface area contributed by atoms with E-state index in [0.29, 0.717) is 19.1 Å². The summed E-state index contributed by atoms with van der Waals surface area (Å²) in [6.07, 6.45) is 21.7. The van der Waals surface area contributed by atoms with E-state index in [9.17, 15) is 9.59 Å². The topological polar surface area (TPSA) is 52.6 Å². The van der Waals surface area contributed by atoms with Gasteiger partial charge in [0.1, 0.15) is 0 Å². The maximum Gasteiger partial charge on any atom is 0.309 e. The van der Waals surface area contributed by atoms with Crippen molar-refractivity contribution in [2.75, 3.05) is 13.2 Å². The van der Waals surface area contributed by atoms with Crippen molar-refractivity contribution in [3.05, 3.63) is 0 Å². The first-order valence-electron chi connectivity index (χ1n) is 14.5. The average molecular weight is 467 g/mol. The highest BCUT2D eigenvalue weighted by molar-refractivity contribution is 5.82. The van der Waals surface area contributed by atoms with Gasteiger partial charge in [0.15, 0.2) is 0 Å². The number of rotatable bonds is 20. The highest BCUT2D eigenvalue weighted by Gasteiger charge is 2.38. The highest BCUT2D eigenvalue weighted by atomic mass is 16.5. The molecule has 1 aliphatic carbocycles. The fraction of sp³-hybridized carbons (Fsp3) is 0.931. The van der Waals surface area contributed by atoms with E-state index in [1.165, 1.54) is 64.2 Å². The molecule has 4 nitrogen and oxygen atoms in total. The van der Waals surface area contributed by atoms with E-state index in [2.05, 4.69) is 20.8 Å². The molecule has 0 aromatic heterocycles. The van der Waals surface area contributed by atoms with Crippen LogP contribution in [0.15, 0.2) is 0 Å². The molecule has 0 aliphatic heterocycles. The molecule has 1 fully saturated rings. The lowest BCUT2D eigenvalue weighted by molar-refractivity contribution is -0.163. The van der Waals surface area contributed by atoms with E-state index >= 15 is 0 Å². The fourth-order valence-corrected chi connectivity index (χ4v) is 5.10. The third-order valence-corrected chi connectivity index (χ3v) is 7.24. The molecule has 3 atom stereocenters. The largest absolute Gasteiger partial charge is 0.465 e. The van der Waals surface area contributed by atoms with Gasteiger partial charge in [0.25, 0.3) is 0 Å². The van der Waals surface area contributed by atoms with Gasteiger partial charge in [0.05, 0.1) is 25.0 Å². The summed E-state index contributed by atoms with van der Waals surface area (Å²) in [6, 6.07) is 0.